The molecule has 4 heteroatoms. The summed E-state index contributed by atoms with van der Waals surface area (Å²) in [6.45, 7) is 2.54. The first kappa shape index (κ1) is 13.3. The molecule has 1 aromatic carbocycles. The standard InChI is InChI=1S/C14H22N2O2/c1-16(2)9-8-15-14(11-17)7-10-18-13-6-4-3-5-12(13)14/h3-6,15,17H,7-11H2,1-2H3. The summed E-state index contributed by atoms with van der Waals surface area (Å²) >= 11 is 0. The average molecular weight is 250 g/mol. The molecule has 0 saturated carbocycles. The highest BCUT2D eigenvalue weighted by Crippen LogP contribution is 2.36. The third-order valence-corrected chi connectivity index (χ3v) is 3.48. The summed E-state index contributed by atoms with van der Waals surface area (Å²) in [7, 11) is 4.09. The van der Waals surface area contributed by atoms with E-state index in [0.29, 0.717) is 6.61 Å². The van der Waals surface area contributed by atoms with Crippen LogP contribution >= 0.6 is 0 Å². The number of likely N-dealkylation sites (N-methyl/N-ethyl adjacent to an activating group) is 1. The Morgan fingerprint density at radius 2 is 2.17 bits per heavy atom. The van der Waals surface area contributed by atoms with E-state index in [1.165, 1.54) is 0 Å². The molecule has 1 aliphatic heterocycles. The first-order valence-electron chi connectivity index (χ1n) is 6.41. The Morgan fingerprint density at radius 1 is 1.39 bits per heavy atom. The third-order valence-electron chi connectivity index (χ3n) is 3.48. The van der Waals surface area contributed by atoms with Gasteiger partial charge in [0, 0.05) is 25.1 Å². The molecule has 18 heavy (non-hydrogen) atoms. The van der Waals surface area contributed by atoms with Crippen LogP contribution in [0.3, 0.4) is 0 Å². The minimum Gasteiger partial charge on any atom is -0.493 e. The number of nitrogens with one attached hydrogen (secondary N) is 1. The van der Waals surface area contributed by atoms with Gasteiger partial charge in [-0.1, -0.05) is 18.2 Å². The monoisotopic (exact) mass is 250 g/mol. The smallest absolute Gasteiger partial charge is 0.124 e. The second-order valence-corrected chi connectivity index (χ2v) is 5.06. The van der Waals surface area contributed by atoms with Gasteiger partial charge in [-0.3, -0.25) is 0 Å². The Bertz CT molecular complexity index is 395. The molecular formula is C14H22N2O2. The van der Waals surface area contributed by atoms with E-state index in [2.05, 4.69) is 10.2 Å². The zero-order valence-electron chi connectivity index (χ0n) is 11.1. The number of para-hydroxylation sites is 1. The van der Waals surface area contributed by atoms with Gasteiger partial charge in [0.1, 0.15) is 5.75 Å². The molecule has 0 bridgehead atoms. The number of fused-ring (bicyclic) bond motifs is 1. The zero-order chi connectivity index (χ0) is 13.0. The number of benzene rings is 1. The molecule has 2 rings (SSSR count). The summed E-state index contributed by atoms with van der Waals surface area (Å²) in [5.41, 5.74) is 0.711. The van der Waals surface area contributed by atoms with Crippen LogP contribution in [0.1, 0.15) is 12.0 Å². The topological polar surface area (TPSA) is 44.7 Å². The largest absolute Gasteiger partial charge is 0.493 e. The van der Waals surface area contributed by atoms with Crippen LogP contribution in [-0.4, -0.2) is 50.4 Å². The third kappa shape index (κ3) is 2.66. The van der Waals surface area contributed by atoms with Gasteiger partial charge in [0.2, 0.25) is 0 Å². The van der Waals surface area contributed by atoms with Crippen molar-refractivity contribution in [3.8, 4) is 5.75 Å². The predicted molar refractivity (Wildman–Crippen MR) is 71.9 cm³/mol. The van der Waals surface area contributed by atoms with Crippen molar-refractivity contribution in [3.05, 3.63) is 29.8 Å². The van der Waals surface area contributed by atoms with Gasteiger partial charge < -0.3 is 20.1 Å². The number of ether oxygens (including phenoxy) is 1. The van der Waals surface area contributed by atoms with E-state index in [-0.39, 0.29) is 12.1 Å². The lowest BCUT2D eigenvalue weighted by molar-refractivity contribution is 0.105. The fraction of sp³-hybridized carbons (Fsp3) is 0.571. The lowest BCUT2D eigenvalue weighted by Gasteiger charge is -2.38. The van der Waals surface area contributed by atoms with Crippen LogP contribution in [0, 0.1) is 0 Å². The maximum Gasteiger partial charge on any atom is 0.124 e. The van der Waals surface area contributed by atoms with Crippen molar-refractivity contribution in [2.75, 3.05) is 40.4 Å². The van der Waals surface area contributed by atoms with Crippen molar-refractivity contribution < 1.29 is 9.84 Å². The average Bonchev–Trinajstić information content (AvgIpc) is 2.38. The minimum absolute atomic E-state index is 0.0980. The normalized spacial score (nSPS) is 22.7. The molecule has 0 fully saturated rings. The summed E-state index contributed by atoms with van der Waals surface area (Å²) in [4.78, 5) is 2.13. The molecule has 0 spiro atoms. The van der Waals surface area contributed by atoms with Crippen LogP contribution in [0.2, 0.25) is 0 Å². The first-order valence-corrected chi connectivity index (χ1v) is 6.41. The molecular weight excluding hydrogens is 228 g/mol. The molecule has 0 saturated heterocycles. The van der Waals surface area contributed by atoms with Crippen molar-refractivity contribution in [2.24, 2.45) is 0 Å². The molecule has 0 aromatic heterocycles. The number of hydrogen-bond acceptors (Lipinski definition) is 4. The fourth-order valence-electron chi connectivity index (χ4n) is 2.38. The Balaban J connectivity index is 2.17. The Hall–Kier alpha value is -1.10. The molecule has 0 amide bonds. The van der Waals surface area contributed by atoms with Gasteiger partial charge in [0.15, 0.2) is 0 Å². The minimum atomic E-state index is -0.356. The van der Waals surface area contributed by atoms with Crippen molar-refractivity contribution in [1.29, 1.82) is 0 Å². The van der Waals surface area contributed by atoms with E-state index in [9.17, 15) is 5.11 Å². The highest BCUT2D eigenvalue weighted by atomic mass is 16.5. The molecule has 1 atom stereocenters. The quantitative estimate of drug-likeness (QED) is 0.811. The Kier molecular flexibility index (Phi) is 4.22. The van der Waals surface area contributed by atoms with E-state index in [1.807, 2.05) is 38.4 Å². The number of nitrogens with zero attached hydrogens (tertiary/aromatic N) is 1. The summed E-state index contributed by atoms with van der Waals surface area (Å²) in [5, 5.41) is 13.3. The fourth-order valence-corrected chi connectivity index (χ4v) is 2.38. The maximum atomic E-state index is 9.82. The van der Waals surface area contributed by atoms with Gasteiger partial charge in [0.25, 0.3) is 0 Å². The molecule has 1 heterocycles. The van der Waals surface area contributed by atoms with Gasteiger partial charge in [-0.25, -0.2) is 0 Å². The summed E-state index contributed by atoms with van der Waals surface area (Å²) in [6, 6.07) is 7.96. The summed E-state index contributed by atoms with van der Waals surface area (Å²) < 4.78 is 5.65. The molecule has 2 N–H and O–H groups in total. The van der Waals surface area contributed by atoms with Crippen molar-refractivity contribution in [3.63, 3.8) is 0 Å². The van der Waals surface area contributed by atoms with Crippen molar-refractivity contribution in [1.82, 2.24) is 10.2 Å². The van der Waals surface area contributed by atoms with E-state index >= 15 is 0 Å². The van der Waals surface area contributed by atoms with Crippen molar-refractivity contribution >= 4 is 0 Å². The molecule has 0 aliphatic carbocycles. The number of aliphatic hydroxyl groups excluding tert-OH is 1. The summed E-state index contributed by atoms with van der Waals surface area (Å²) in [5.74, 6) is 0.884. The van der Waals surface area contributed by atoms with E-state index in [0.717, 1.165) is 30.8 Å². The second-order valence-electron chi connectivity index (χ2n) is 5.06. The SMILES string of the molecule is CN(C)CCNC1(CO)CCOc2ccccc21. The molecule has 1 aromatic rings. The van der Waals surface area contributed by atoms with E-state index < -0.39 is 0 Å². The Labute approximate surface area is 109 Å². The van der Waals surface area contributed by atoms with Gasteiger partial charge >= 0.3 is 0 Å². The molecule has 0 radical (unpaired) electrons. The van der Waals surface area contributed by atoms with Crippen LogP contribution in [0.4, 0.5) is 0 Å². The number of aliphatic hydroxyl groups is 1. The first-order chi connectivity index (χ1) is 8.68. The van der Waals surface area contributed by atoms with Crippen molar-refractivity contribution in [2.45, 2.75) is 12.0 Å². The van der Waals surface area contributed by atoms with Crippen LogP contribution in [0.15, 0.2) is 24.3 Å². The van der Waals surface area contributed by atoms with Crippen LogP contribution in [-0.2, 0) is 5.54 Å². The number of hydrogen-bond donors (Lipinski definition) is 2. The Morgan fingerprint density at radius 3 is 2.89 bits per heavy atom. The molecule has 1 aliphatic rings. The van der Waals surface area contributed by atoms with Crippen LogP contribution in [0.5, 0.6) is 5.75 Å². The van der Waals surface area contributed by atoms with E-state index in [4.69, 9.17) is 4.74 Å². The maximum absolute atomic E-state index is 9.82. The van der Waals surface area contributed by atoms with Gasteiger partial charge in [-0.15, -0.1) is 0 Å². The van der Waals surface area contributed by atoms with Gasteiger partial charge in [-0.2, -0.15) is 0 Å². The molecule has 1 unspecified atom stereocenters. The predicted octanol–water partition coefficient (Wildman–Crippen LogP) is 0.808. The molecule has 4 nitrogen and oxygen atoms in total. The summed E-state index contributed by atoms with van der Waals surface area (Å²) in [6.07, 6.45) is 0.800. The second kappa shape index (κ2) is 5.69. The van der Waals surface area contributed by atoms with Gasteiger partial charge in [-0.05, 0) is 20.2 Å². The van der Waals surface area contributed by atoms with Crippen LogP contribution < -0.4 is 10.1 Å². The van der Waals surface area contributed by atoms with Crippen LogP contribution in [0.25, 0.3) is 0 Å². The van der Waals surface area contributed by atoms with Gasteiger partial charge in [0.05, 0.1) is 18.8 Å². The van der Waals surface area contributed by atoms with E-state index in [1.54, 1.807) is 0 Å². The highest BCUT2D eigenvalue weighted by Gasteiger charge is 2.36. The molecule has 100 valence electrons. The zero-order valence-corrected chi connectivity index (χ0v) is 11.1. The highest BCUT2D eigenvalue weighted by molar-refractivity contribution is 5.41. The lowest BCUT2D eigenvalue weighted by atomic mass is 9.85. The lowest BCUT2D eigenvalue weighted by Crippen LogP contribution is -2.50. The number of rotatable bonds is 5.